The second-order valence-corrected chi connectivity index (χ2v) is 12.9. The number of nitrogens with one attached hydrogen (secondary N) is 3. The molecule has 15 heteroatoms. The van der Waals surface area contributed by atoms with E-state index < -0.39 is 61.7 Å². The Morgan fingerprint density at radius 3 is 2.51 bits per heavy atom. The number of benzene rings is 2. The van der Waals surface area contributed by atoms with Gasteiger partial charge in [-0.15, -0.1) is 0 Å². The van der Waals surface area contributed by atoms with E-state index in [1.165, 1.54) is 32.0 Å². The second kappa shape index (κ2) is 11.8. The van der Waals surface area contributed by atoms with Crippen molar-refractivity contribution < 1.29 is 26.4 Å². The molecule has 41 heavy (non-hydrogen) atoms. The molecule has 1 amide bonds. The van der Waals surface area contributed by atoms with Crippen molar-refractivity contribution in [2.45, 2.75) is 50.3 Å². The van der Waals surface area contributed by atoms with Gasteiger partial charge in [-0.25, -0.2) is 13.2 Å². The van der Waals surface area contributed by atoms with Crippen LogP contribution in [0.1, 0.15) is 37.0 Å². The van der Waals surface area contributed by atoms with Gasteiger partial charge in [-0.2, -0.15) is 13.2 Å². The second-order valence-electron chi connectivity index (χ2n) is 9.88. The third-order valence-electron chi connectivity index (χ3n) is 7.17. The van der Waals surface area contributed by atoms with E-state index in [2.05, 4.69) is 15.6 Å². The summed E-state index contributed by atoms with van der Waals surface area (Å²) in [7, 11) is -3.79. The van der Waals surface area contributed by atoms with Crippen molar-refractivity contribution in [2.75, 3.05) is 18.8 Å². The zero-order chi connectivity index (χ0) is 30.3. The van der Waals surface area contributed by atoms with E-state index >= 15 is 0 Å². The molecule has 1 unspecified atom stereocenters. The summed E-state index contributed by atoms with van der Waals surface area (Å²) in [6.07, 6.45) is -4.59. The molecule has 3 N–H and O–H groups in total. The standard InChI is InChI=1S/C26H27Cl2F3N4O5S/c1-3-41(39,40)21-5-4-16(27)8-15(21)12-35-24(37)18-9-19(26(29,30)31)17(22(28)23(18)34-25(35)38)10-20(33-13(2)36)14-6-7-32-11-14/h4-5,8-9,14,20,32H,3,6-7,10-12H2,1-2H3,(H,33,36)(H,34,38)/t14?,20-/m1/s1. The monoisotopic (exact) mass is 634 g/mol. The molecular formula is C26H27Cl2F3N4O5S. The molecule has 3 aromatic rings. The van der Waals surface area contributed by atoms with Gasteiger partial charge in [0.15, 0.2) is 9.84 Å². The predicted octanol–water partition coefficient (Wildman–Crippen LogP) is 3.51. The van der Waals surface area contributed by atoms with Crippen LogP contribution in [0.25, 0.3) is 10.9 Å². The van der Waals surface area contributed by atoms with Gasteiger partial charge in [0.25, 0.3) is 5.56 Å². The summed E-state index contributed by atoms with van der Waals surface area (Å²) in [5.41, 5.74) is -3.91. The van der Waals surface area contributed by atoms with Crippen LogP contribution in [0.4, 0.5) is 13.2 Å². The maximum Gasteiger partial charge on any atom is 0.416 e. The molecule has 0 radical (unpaired) electrons. The van der Waals surface area contributed by atoms with Crippen LogP contribution in [0.2, 0.25) is 10.0 Å². The van der Waals surface area contributed by atoms with Crippen LogP contribution in [0.3, 0.4) is 0 Å². The number of rotatable bonds is 8. The maximum atomic E-state index is 14.4. The number of alkyl halides is 3. The molecule has 9 nitrogen and oxygen atoms in total. The molecule has 0 aliphatic carbocycles. The highest BCUT2D eigenvalue weighted by Crippen LogP contribution is 2.39. The summed E-state index contributed by atoms with van der Waals surface area (Å²) in [6.45, 7) is 3.23. The fourth-order valence-corrected chi connectivity index (χ4v) is 6.76. The zero-order valence-corrected chi connectivity index (χ0v) is 24.3. The van der Waals surface area contributed by atoms with Crippen LogP contribution in [-0.2, 0) is 33.8 Å². The van der Waals surface area contributed by atoms with Crippen molar-refractivity contribution in [2.24, 2.45) is 5.92 Å². The number of H-pyrrole nitrogens is 1. The lowest BCUT2D eigenvalue weighted by Crippen LogP contribution is -2.42. The molecule has 0 spiro atoms. The average Bonchev–Trinajstić information content (AvgIpc) is 3.42. The molecule has 222 valence electrons. The van der Waals surface area contributed by atoms with E-state index in [4.69, 9.17) is 23.2 Å². The number of halogens is 5. The van der Waals surface area contributed by atoms with Gasteiger partial charge < -0.3 is 15.6 Å². The minimum absolute atomic E-state index is 0.0217. The number of hydrogen-bond donors (Lipinski definition) is 3. The van der Waals surface area contributed by atoms with Crippen molar-refractivity contribution in [1.82, 2.24) is 20.2 Å². The van der Waals surface area contributed by atoms with Gasteiger partial charge in [0.05, 0.1) is 38.7 Å². The minimum atomic E-state index is -4.93. The van der Waals surface area contributed by atoms with Gasteiger partial charge in [-0.1, -0.05) is 30.1 Å². The summed E-state index contributed by atoms with van der Waals surface area (Å²) >= 11 is 12.5. The molecule has 4 rings (SSSR count). The molecule has 0 saturated carbocycles. The van der Waals surface area contributed by atoms with Crippen LogP contribution in [0, 0.1) is 5.92 Å². The third kappa shape index (κ3) is 6.47. The average molecular weight is 635 g/mol. The lowest BCUT2D eigenvalue weighted by molar-refractivity contribution is -0.138. The Bertz CT molecular complexity index is 1730. The Morgan fingerprint density at radius 2 is 1.93 bits per heavy atom. The van der Waals surface area contributed by atoms with Gasteiger partial charge in [-0.05, 0) is 67.2 Å². The molecule has 0 bridgehead atoms. The highest BCUT2D eigenvalue weighted by Gasteiger charge is 2.38. The first-order chi connectivity index (χ1) is 19.1. The Morgan fingerprint density at radius 1 is 1.22 bits per heavy atom. The number of carbonyl (C=O) groups is 1. The van der Waals surface area contributed by atoms with E-state index in [0.717, 1.165) is 0 Å². The van der Waals surface area contributed by atoms with Gasteiger partial charge in [0.1, 0.15) is 0 Å². The molecule has 2 aromatic carbocycles. The number of aromatic amines is 1. The summed E-state index contributed by atoms with van der Waals surface area (Å²) in [4.78, 5) is 40.6. The smallest absolute Gasteiger partial charge is 0.353 e. The largest absolute Gasteiger partial charge is 0.416 e. The van der Waals surface area contributed by atoms with Crippen LogP contribution < -0.4 is 21.9 Å². The quantitative estimate of drug-likeness (QED) is 0.348. The van der Waals surface area contributed by atoms with Gasteiger partial charge >= 0.3 is 11.9 Å². The number of nitrogens with zero attached hydrogens (tertiary/aromatic N) is 1. The predicted molar refractivity (Wildman–Crippen MR) is 149 cm³/mol. The topological polar surface area (TPSA) is 130 Å². The Labute approximate surface area is 243 Å². The van der Waals surface area contributed by atoms with Crippen molar-refractivity contribution >= 4 is 49.8 Å². The van der Waals surface area contributed by atoms with E-state index in [9.17, 15) is 36.0 Å². The van der Waals surface area contributed by atoms with Crippen LogP contribution in [0.15, 0.2) is 38.8 Å². The molecule has 1 aromatic heterocycles. The molecule has 1 aliphatic heterocycles. The Hall–Kier alpha value is -2.87. The number of fused-ring (bicyclic) bond motifs is 1. The minimum Gasteiger partial charge on any atom is -0.353 e. The fourth-order valence-electron chi connectivity index (χ4n) is 5.13. The number of amides is 1. The van der Waals surface area contributed by atoms with E-state index in [-0.39, 0.29) is 44.7 Å². The highest BCUT2D eigenvalue weighted by atomic mass is 35.5. The van der Waals surface area contributed by atoms with Crippen molar-refractivity contribution in [3.63, 3.8) is 0 Å². The van der Waals surface area contributed by atoms with E-state index in [0.29, 0.717) is 30.1 Å². The van der Waals surface area contributed by atoms with Crippen molar-refractivity contribution in [1.29, 1.82) is 0 Å². The summed E-state index contributed by atoms with van der Waals surface area (Å²) in [5.74, 6) is -0.854. The van der Waals surface area contributed by atoms with E-state index in [1.807, 2.05) is 0 Å². The van der Waals surface area contributed by atoms with E-state index in [1.54, 1.807) is 0 Å². The zero-order valence-electron chi connectivity index (χ0n) is 22.0. The van der Waals surface area contributed by atoms with Crippen LogP contribution in [-0.4, -0.2) is 48.8 Å². The van der Waals surface area contributed by atoms with Crippen LogP contribution in [0.5, 0.6) is 0 Å². The lowest BCUT2D eigenvalue weighted by atomic mass is 9.89. The maximum absolute atomic E-state index is 14.4. The fraction of sp³-hybridized carbons (Fsp3) is 0.423. The molecule has 1 fully saturated rings. The molecule has 1 saturated heterocycles. The lowest BCUT2D eigenvalue weighted by Gasteiger charge is -2.26. The number of sulfone groups is 1. The number of aromatic nitrogens is 2. The summed E-state index contributed by atoms with van der Waals surface area (Å²) in [6, 6.07) is 3.80. The van der Waals surface area contributed by atoms with Crippen molar-refractivity contribution in [3.05, 3.63) is 71.8 Å². The summed E-state index contributed by atoms with van der Waals surface area (Å²) in [5, 5.41) is 4.99. The molecule has 1 aliphatic rings. The molecular weight excluding hydrogens is 608 g/mol. The normalized spacial score (nSPS) is 16.7. The first kappa shape index (κ1) is 31.1. The Kier molecular flexibility index (Phi) is 8.93. The first-order valence-electron chi connectivity index (χ1n) is 12.7. The third-order valence-corrected chi connectivity index (χ3v) is 9.65. The Balaban J connectivity index is 1.90. The van der Waals surface area contributed by atoms with Crippen molar-refractivity contribution in [3.8, 4) is 0 Å². The van der Waals surface area contributed by atoms with Crippen LogP contribution >= 0.6 is 23.2 Å². The number of hydrogen-bond acceptors (Lipinski definition) is 6. The van der Waals surface area contributed by atoms with Gasteiger partial charge in [0, 0.05) is 18.0 Å². The summed E-state index contributed by atoms with van der Waals surface area (Å²) < 4.78 is 68.9. The molecule has 2 heterocycles. The van der Waals surface area contributed by atoms with Gasteiger partial charge in [0.2, 0.25) is 5.91 Å². The highest BCUT2D eigenvalue weighted by molar-refractivity contribution is 7.91. The SMILES string of the molecule is CCS(=O)(=O)c1ccc(Cl)cc1Cn1c(=O)[nH]c2c(Cl)c(C[C@@H](NC(C)=O)C3CCNC3)c(C(F)(F)F)cc2c1=O. The van der Waals surface area contributed by atoms with Gasteiger partial charge in [-0.3, -0.25) is 14.2 Å². The number of carbonyl (C=O) groups excluding carboxylic acids is 1. The molecule has 2 atom stereocenters. The first-order valence-corrected chi connectivity index (χ1v) is 15.1.